The molecule has 2 aromatic heterocycles. The van der Waals surface area contributed by atoms with Gasteiger partial charge in [0, 0.05) is 23.8 Å². The lowest BCUT2D eigenvalue weighted by Crippen LogP contribution is -2.55. The minimum Gasteiger partial charge on any atom is -0.394 e. The average molecular weight is 526 g/mol. The van der Waals surface area contributed by atoms with Gasteiger partial charge in [-0.15, -0.1) is 5.10 Å². The Bertz CT molecular complexity index is 1230. The van der Waals surface area contributed by atoms with Crippen LogP contribution >= 0.6 is 35.0 Å². The Morgan fingerprint density at radius 2 is 2.15 bits per heavy atom. The summed E-state index contributed by atoms with van der Waals surface area (Å²) in [4.78, 5) is 4.47. The molecule has 0 spiro atoms. The highest BCUT2D eigenvalue weighted by atomic mass is 35.5. The number of rotatable bonds is 6. The lowest BCUT2D eigenvalue weighted by molar-refractivity contribution is -0.186. The first-order valence-corrected chi connectivity index (χ1v) is 11.6. The largest absolute Gasteiger partial charge is 0.394 e. The van der Waals surface area contributed by atoms with E-state index in [1.165, 1.54) is 36.3 Å². The molecule has 3 heterocycles. The fraction of sp³-hybridized carbons (Fsp3) is 0.333. The summed E-state index contributed by atoms with van der Waals surface area (Å²) in [6, 6.07) is 6.98. The van der Waals surface area contributed by atoms with E-state index in [0.717, 1.165) is 11.8 Å². The molecule has 1 fully saturated rings. The second kappa shape index (κ2) is 10.5. The minimum absolute atomic E-state index is 0.0201. The number of pyridine rings is 1. The zero-order valence-corrected chi connectivity index (χ0v) is 19.9. The van der Waals surface area contributed by atoms with Crippen molar-refractivity contribution in [3.63, 3.8) is 0 Å². The summed E-state index contributed by atoms with van der Waals surface area (Å²) < 4.78 is 26.9. The fourth-order valence-corrected chi connectivity index (χ4v) is 5.24. The lowest BCUT2D eigenvalue weighted by Gasteiger charge is -2.43. The van der Waals surface area contributed by atoms with E-state index in [1.807, 2.05) is 6.07 Å². The molecule has 0 saturated carbocycles. The van der Waals surface area contributed by atoms with E-state index >= 15 is 0 Å². The van der Waals surface area contributed by atoms with Gasteiger partial charge in [-0.1, -0.05) is 46.2 Å². The van der Waals surface area contributed by atoms with Gasteiger partial charge in [0.25, 0.3) is 0 Å². The molecule has 1 aliphatic rings. The van der Waals surface area contributed by atoms with E-state index < -0.39 is 42.2 Å². The summed E-state index contributed by atoms with van der Waals surface area (Å²) in [6.45, 7) is -0.478. The van der Waals surface area contributed by atoms with Crippen LogP contribution in [0, 0.1) is 17.1 Å². The predicted molar refractivity (Wildman–Crippen MR) is 122 cm³/mol. The maximum absolute atomic E-state index is 13.9. The molecule has 178 valence electrons. The van der Waals surface area contributed by atoms with Crippen LogP contribution in [-0.4, -0.2) is 67.7 Å². The highest BCUT2D eigenvalue weighted by molar-refractivity contribution is 7.99. The second-order valence-electron chi connectivity index (χ2n) is 7.35. The molecule has 1 saturated heterocycles. The smallest absolute Gasteiger partial charge is 0.154 e. The summed E-state index contributed by atoms with van der Waals surface area (Å²) in [5, 5.41) is 38.7. The van der Waals surface area contributed by atoms with Crippen LogP contribution in [0.4, 0.5) is 4.39 Å². The molecule has 34 heavy (non-hydrogen) atoms. The Kier molecular flexibility index (Phi) is 7.69. The second-order valence-corrected chi connectivity index (χ2v) is 9.33. The van der Waals surface area contributed by atoms with Gasteiger partial charge in [-0.05, 0) is 18.2 Å². The molecule has 4 rings (SSSR count). The highest BCUT2D eigenvalue weighted by Crippen LogP contribution is 2.40. The summed E-state index contributed by atoms with van der Waals surface area (Å²) >= 11 is 12.9. The van der Waals surface area contributed by atoms with Crippen molar-refractivity contribution < 1.29 is 24.1 Å². The van der Waals surface area contributed by atoms with Crippen molar-refractivity contribution in [3.05, 3.63) is 58.2 Å². The molecule has 0 aliphatic carbocycles. The predicted octanol–water partition coefficient (Wildman–Crippen LogP) is 3.08. The third-order valence-electron chi connectivity index (χ3n) is 5.30. The number of methoxy groups -OCH3 is 1. The van der Waals surface area contributed by atoms with E-state index in [1.54, 1.807) is 12.1 Å². The molecule has 13 heteroatoms. The van der Waals surface area contributed by atoms with Crippen LogP contribution in [0.25, 0.3) is 11.3 Å². The molecule has 5 atom stereocenters. The molecule has 0 amide bonds. The first kappa shape index (κ1) is 24.8. The lowest BCUT2D eigenvalue weighted by atomic mass is 9.97. The van der Waals surface area contributed by atoms with Gasteiger partial charge in [-0.3, -0.25) is 0 Å². The number of hydrogen-bond acceptors (Lipinski definition) is 9. The third-order valence-corrected chi connectivity index (χ3v) is 6.99. The zero-order valence-electron chi connectivity index (χ0n) is 17.5. The van der Waals surface area contributed by atoms with Crippen LogP contribution in [0.1, 0.15) is 11.7 Å². The van der Waals surface area contributed by atoms with Gasteiger partial charge >= 0.3 is 0 Å². The van der Waals surface area contributed by atoms with E-state index in [0.29, 0.717) is 21.2 Å². The van der Waals surface area contributed by atoms with Gasteiger partial charge in [-0.2, -0.15) is 5.26 Å². The molecule has 3 unspecified atom stereocenters. The van der Waals surface area contributed by atoms with E-state index in [2.05, 4.69) is 15.3 Å². The van der Waals surface area contributed by atoms with Crippen LogP contribution in [0.3, 0.4) is 0 Å². The van der Waals surface area contributed by atoms with Crippen LogP contribution in [-0.2, 0) is 9.47 Å². The van der Waals surface area contributed by atoms with Gasteiger partial charge in [0.15, 0.2) is 5.69 Å². The molecular weight excluding hydrogens is 508 g/mol. The first-order chi connectivity index (χ1) is 16.4. The normalized spacial score (nSPS) is 24.7. The standard InChI is InChI=1S/C21H18Cl2FN5O4S/c1-32-20-18(29-8-15(27-28-29)10-2-3-12(23)13(24)4-10)19(31)16(9-30)33-21(20)34-17-5-11(22)7-26-14(17)6-25/h2-5,7-8,16,18-21,30-31H,9H2,1H3/t16?,18?,19-,20?,21+/m0/s1. The minimum atomic E-state index is -1.21. The Morgan fingerprint density at radius 1 is 1.35 bits per heavy atom. The summed E-state index contributed by atoms with van der Waals surface area (Å²) in [5.74, 6) is -0.602. The number of hydrogen-bond donors (Lipinski definition) is 2. The molecular formula is C21H18Cl2FN5O4S. The van der Waals surface area contributed by atoms with Gasteiger partial charge in [-0.25, -0.2) is 14.1 Å². The van der Waals surface area contributed by atoms with Gasteiger partial charge in [0.2, 0.25) is 0 Å². The van der Waals surface area contributed by atoms with Crippen molar-refractivity contribution >= 4 is 35.0 Å². The Labute approximate surface area is 208 Å². The highest BCUT2D eigenvalue weighted by Gasteiger charge is 2.47. The molecule has 2 N–H and O–H groups in total. The Hall–Kier alpha value is -2.30. The van der Waals surface area contributed by atoms with E-state index in [4.69, 9.17) is 32.7 Å². The van der Waals surface area contributed by atoms with Crippen molar-refractivity contribution in [1.29, 1.82) is 5.26 Å². The monoisotopic (exact) mass is 525 g/mol. The number of nitriles is 1. The van der Waals surface area contributed by atoms with Crippen LogP contribution in [0.5, 0.6) is 0 Å². The van der Waals surface area contributed by atoms with Crippen LogP contribution in [0.15, 0.2) is 41.6 Å². The number of aliphatic hydroxyl groups excluding tert-OH is 2. The summed E-state index contributed by atoms with van der Waals surface area (Å²) in [5.41, 5.74) is 0.157. The summed E-state index contributed by atoms with van der Waals surface area (Å²) in [6.07, 6.45) is -0.0846. The number of halogens is 3. The molecule has 1 aromatic carbocycles. The number of aromatic nitrogens is 4. The third kappa shape index (κ3) is 4.89. The van der Waals surface area contributed by atoms with Crippen LogP contribution < -0.4 is 0 Å². The number of nitrogens with zero attached hydrogens (tertiary/aromatic N) is 5. The number of benzene rings is 1. The number of thioether (sulfide) groups is 1. The fourth-order valence-electron chi connectivity index (χ4n) is 3.64. The zero-order chi connectivity index (χ0) is 24.4. The number of ether oxygens (including phenoxy) is 2. The maximum Gasteiger partial charge on any atom is 0.154 e. The van der Waals surface area contributed by atoms with Crippen molar-refractivity contribution in [2.75, 3.05) is 13.7 Å². The average Bonchev–Trinajstić information content (AvgIpc) is 3.31. The number of aliphatic hydroxyl groups is 2. The van der Waals surface area contributed by atoms with E-state index in [-0.39, 0.29) is 10.7 Å². The molecule has 9 nitrogen and oxygen atoms in total. The molecule has 1 aliphatic heterocycles. The maximum atomic E-state index is 13.9. The van der Waals surface area contributed by atoms with Gasteiger partial charge in [0.1, 0.15) is 47.4 Å². The Morgan fingerprint density at radius 3 is 2.82 bits per heavy atom. The topological polar surface area (TPSA) is 126 Å². The Balaban J connectivity index is 1.68. The van der Waals surface area contributed by atoms with Gasteiger partial charge < -0.3 is 19.7 Å². The van der Waals surface area contributed by atoms with Crippen molar-refractivity contribution in [1.82, 2.24) is 20.0 Å². The first-order valence-electron chi connectivity index (χ1n) is 9.93. The van der Waals surface area contributed by atoms with Crippen molar-refractivity contribution in [2.24, 2.45) is 0 Å². The van der Waals surface area contributed by atoms with Crippen molar-refractivity contribution in [2.45, 2.75) is 34.7 Å². The van der Waals surface area contributed by atoms with Gasteiger partial charge in [0.05, 0.1) is 22.8 Å². The summed E-state index contributed by atoms with van der Waals surface area (Å²) in [7, 11) is 1.44. The van der Waals surface area contributed by atoms with Crippen molar-refractivity contribution in [3.8, 4) is 17.3 Å². The molecule has 0 radical (unpaired) electrons. The van der Waals surface area contributed by atoms with E-state index in [9.17, 15) is 19.9 Å². The van der Waals surface area contributed by atoms with Crippen LogP contribution in [0.2, 0.25) is 10.0 Å². The molecule has 0 bridgehead atoms. The molecule has 3 aromatic rings. The quantitative estimate of drug-likeness (QED) is 0.498. The SMILES string of the molecule is COC1C(n2cc(-c3ccc(Cl)c(F)c3)nn2)[C@@H](O)C(CO)O[C@@H]1Sc1cc(Cl)cnc1C#N.